The van der Waals surface area contributed by atoms with E-state index in [0.29, 0.717) is 11.3 Å². The summed E-state index contributed by atoms with van der Waals surface area (Å²) in [5.41, 5.74) is -0.679. The third-order valence-corrected chi connectivity index (χ3v) is 5.12. The van der Waals surface area contributed by atoms with E-state index in [9.17, 15) is 9.18 Å². The molecule has 1 saturated heterocycles. The number of nitrogens with zero attached hydrogens (tertiary/aromatic N) is 1. The molecular weight excluding hydrogens is 295 g/mol. The van der Waals surface area contributed by atoms with Gasteiger partial charge >= 0.3 is 0 Å². The smallest absolute Gasteiger partial charge is 0.230 e. The number of carbonyl (C=O) groups excluding carboxylic acids is 1. The Morgan fingerprint density at radius 3 is 2.61 bits per heavy atom. The van der Waals surface area contributed by atoms with E-state index >= 15 is 0 Å². The van der Waals surface area contributed by atoms with Gasteiger partial charge in [0.05, 0.1) is 18.1 Å². The van der Waals surface area contributed by atoms with Crippen LogP contribution < -0.4 is 10.1 Å². The zero-order valence-electron chi connectivity index (χ0n) is 14.1. The first kappa shape index (κ1) is 16.2. The number of rotatable bonds is 6. The van der Waals surface area contributed by atoms with Gasteiger partial charge in [0.25, 0.3) is 0 Å². The Morgan fingerprint density at radius 1 is 1.39 bits per heavy atom. The number of benzene rings is 1. The number of likely N-dealkylation sites (tertiary alicyclic amines) is 1. The number of carbonyl (C=O) groups is 1. The summed E-state index contributed by atoms with van der Waals surface area (Å²) in [7, 11) is 1.54. The van der Waals surface area contributed by atoms with E-state index in [2.05, 4.69) is 10.2 Å². The predicted molar refractivity (Wildman–Crippen MR) is 87.1 cm³/mol. The van der Waals surface area contributed by atoms with Crippen LogP contribution in [-0.2, 0) is 10.2 Å². The molecule has 2 aliphatic rings. The van der Waals surface area contributed by atoms with Crippen LogP contribution in [0.2, 0.25) is 0 Å². The fourth-order valence-corrected chi connectivity index (χ4v) is 3.07. The summed E-state index contributed by atoms with van der Waals surface area (Å²) in [4.78, 5) is 15.2. The van der Waals surface area contributed by atoms with Crippen LogP contribution in [0.1, 0.15) is 38.7 Å². The quantitative estimate of drug-likeness (QED) is 0.875. The molecule has 1 aromatic rings. The SMILES string of the molecule is COc1ccc(F)c(C(C)(C)C(=O)NC2(CN3CCC3)CC2)c1. The zero-order valence-corrected chi connectivity index (χ0v) is 14.1. The Hall–Kier alpha value is -1.62. The maximum absolute atomic E-state index is 14.2. The van der Waals surface area contributed by atoms with Gasteiger partial charge in [-0.25, -0.2) is 4.39 Å². The van der Waals surface area contributed by atoms with Crippen molar-refractivity contribution in [1.29, 1.82) is 0 Å². The highest BCUT2D eigenvalue weighted by Gasteiger charge is 2.48. The molecule has 1 saturated carbocycles. The fourth-order valence-electron chi connectivity index (χ4n) is 3.07. The average molecular weight is 320 g/mol. The van der Waals surface area contributed by atoms with Crippen LogP contribution in [0, 0.1) is 5.82 Å². The van der Waals surface area contributed by atoms with Crippen LogP contribution in [0.4, 0.5) is 4.39 Å². The highest BCUT2D eigenvalue weighted by molar-refractivity contribution is 5.88. The van der Waals surface area contributed by atoms with Gasteiger partial charge in [-0.15, -0.1) is 0 Å². The molecule has 0 unspecified atom stereocenters. The number of methoxy groups -OCH3 is 1. The summed E-state index contributed by atoms with van der Waals surface area (Å²) in [6, 6.07) is 4.54. The predicted octanol–water partition coefficient (Wildman–Crippen LogP) is 2.47. The Kier molecular flexibility index (Phi) is 4.08. The Bertz CT molecular complexity index is 607. The number of amides is 1. The van der Waals surface area contributed by atoms with Crippen molar-refractivity contribution in [3.8, 4) is 5.75 Å². The second kappa shape index (κ2) is 5.78. The molecule has 2 fully saturated rings. The van der Waals surface area contributed by atoms with Crippen molar-refractivity contribution in [3.05, 3.63) is 29.6 Å². The van der Waals surface area contributed by atoms with Gasteiger partial charge in [0.15, 0.2) is 0 Å². The van der Waals surface area contributed by atoms with Gasteiger partial charge in [-0.2, -0.15) is 0 Å². The minimum Gasteiger partial charge on any atom is -0.497 e. The lowest BCUT2D eigenvalue weighted by molar-refractivity contribution is -0.127. The van der Waals surface area contributed by atoms with Gasteiger partial charge < -0.3 is 15.0 Å². The van der Waals surface area contributed by atoms with E-state index in [-0.39, 0.29) is 17.3 Å². The second-order valence-electron chi connectivity index (χ2n) is 7.33. The molecule has 1 aliphatic carbocycles. The third-order valence-electron chi connectivity index (χ3n) is 5.12. The molecule has 4 nitrogen and oxygen atoms in total. The van der Waals surface area contributed by atoms with Gasteiger partial charge in [-0.3, -0.25) is 4.79 Å². The minimum atomic E-state index is -0.941. The van der Waals surface area contributed by atoms with Gasteiger partial charge in [0.2, 0.25) is 5.91 Å². The molecule has 1 heterocycles. The van der Waals surface area contributed by atoms with Crippen molar-refractivity contribution in [3.63, 3.8) is 0 Å². The van der Waals surface area contributed by atoms with Gasteiger partial charge in [0.1, 0.15) is 11.6 Å². The number of halogens is 1. The van der Waals surface area contributed by atoms with Crippen molar-refractivity contribution >= 4 is 5.91 Å². The van der Waals surface area contributed by atoms with Crippen molar-refractivity contribution in [2.45, 2.75) is 44.1 Å². The lowest BCUT2D eigenvalue weighted by Crippen LogP contribution is -2.53. The molecule has 3 rings (SSSR count). The standard InChI is InChI=1S/C18H25FN2O2/c1-17(2,14-11-13(23-3)5-6-15(14)19)16(22)20-18(7-8-18)12-21-9-4-10-21/h5-6,11H,4,7-10,12H2,1-3H3,(H,20,22). The summed E-state index contributed by atoms with van der Waals surface area (Å²) in [6.45, 7) is 6.67. The molecule has 0 aromatic heterocycles. The topological polar surface area (TPSA) is 41.6 Å². The first-order valence-corrected chi connectivity index (χ1v) is 8.25. The highest BCUT2D eigenvalue weighted by Crippen LogP contribution is 2.39. The molecule has 126 valence electrons. The number of hydrogen-bond acceptors (Lipinski definition) is 3. The van der Waals surface area contributed by atoms with E-state index in [1.54, 1.807) is 26.0 Å². The third kappa shape index (κ3) is 3.20. The summed E-state index contributed by atoms with van der Waals surface area (Å²) < 4.78 is 19.4. The molecule has 0 spiro atoms. The van der Waals surface area contributed by atoms with Crippen LogP contribution in [0.25, 0.3) is 0 Å². The maximum atomic E-state index is 14.2. The molecule has 23 heavy (non-hydrogen) atoms. The van der Waals surface area contributed by atoms with E-state index in [0.717, 1.165) is 32.5 Å². The van der Waals surface area contributed by atoms with Crippen LogP contribution in [0.3, 0.4) is 0 Å². The normalized spacial score (nSPS) is 19.8. The molecule has 1 amide bonds. The van der Waals surface area contributed by atoms with Crippen LogP contribution in [-0.4, -0.2) is 43.1 Å². The van der Waals surface area contributed by atoms with Gasteiger partial charge in [0, 0.05) is 12.1 Å². The average Bonchev–Trinajstić information content (AvgIpc) is 3.23. The molecule has 0 atom stereocenters. The summed E-state index contributed by atoms with van der Waals surface area (Å²) in [5.74, 6) is 0.0604. The number of hydrogen-bond donors (Lipinski definition) is 1. The lowest BCUT2D eigenvalue weighted by atomic mass is 9.82. The highest BCUT2D eigenvalue weighted by atomic mass is 19.1. The summed E-state index contributed by atoms with van der Waals surface area (Å²) in [6.07, 6.45) is 3.25. The molecule has 1 N–H and O–H groups in total. The number of ether oxygens (including phenoxy) is 1. The lowest BCUT2D eigenvalue weighted by Gasteiger charge is -2.36. The second-order valence-corrected chi connectivity index (χ2v) is 7.33. The van der Waals surface area contributed by atoms with E-state index in [1.165, 1.54) is 19.6 Å². The maximum Gasteiger partial charge on any atom is 0.230 e. The molecule has 0 bridgehead atoms. The first-order chi connectivity index (χ1) is 10.9. The molecule has 5 heteroatoms. The van der Waals surface area contributed by atoms with Crippen LogP contribution >= 0.6 is 0 Å². The molecule has 1 aliphatic heterocycles. The Morgan fingerprint density at radius 2 is 2.09 bits per heavy atom. The van der Waals surface area contributed by atoms with Crippen LogP contribution in [0.5, 0.6) is 5.75 Å². The largest absolute Gasteiger partial charge is 0.497 e. The minimum absolute atomic E-state index is 0.107. The van der Waals surface area contributed by atoms with Gasteiger partial charge in [-0.1, -0.05) is 0 Å². The molecule has 1 aromatic carbocycles. The van der Waals surface area contributed by atoms with Crippen molar-refractivity contribution < 1.29 is 13.9 Å². The van der Waals surface area contributed by atoms with E-state index in [1.807, 2.05) is 0 Å². The monoisotopic (exact) mass is 320 g/mol. The summed E-state index contributed by atoms with van der Waals surface area (Å²) in [5, 5.41) is 3.18. The van der Waals surface area contributed by atoms with Crippen molar-refractivity contribution in [2.75, 3.05) is 26.7 Å². The van der Waals surface area contributed by atoms with Crippen molar-refractivity contribution in [1.82, 2.24) is 10.2 Å². The zero-order chi connectivity index (χ0) is 16.7. The van der Waals surface area contributed by atoms with Gasteiger partial charge in [-0.05, 0) is 64.4 Å². The molecular formula is C18H25FN2O2. The van der Waals surface area contributed by atoms with Crippen LogP contribution in [0.15, 0.2) is 18.2 Å². The van der Waals surface area contributed by atoms with E-state index < -0.39 is 5.41 Å². The number of nitrogens with one attached hydrogen (secondary N) is 1. The summed E-state index contributed by atoms with van der Waals surface area (Å²) >= 11 is 0. The molecule has 0 radical (unpaired) electrons. The Labute approximate surface area is 137 Å². The Balaban J connectivity index is 1.75. The van der Waals surface area contributed by atoms with Crippen molar-refractivity contribution in [2.24, 2.45) is 0 Å². The fraction of sp³-hybridized carbons (Fsp3) is 0.611. The van der Waals surface area contributed by atoms with E-state index in [4.69, 9.17) is 4.74 Å². The first-order valence-electron chi connectivity index (χ1n) is 8.25.